The summed E-state index contributed by atoms with van der Waals surface area (Å²) in [6.07, 6.45) is -0.841. The molecule has 4 nitrogen and oxygen atoms in total. The minimum Gasteiger partial charge on any atom is -0.301 e. The molecule has 0 aliphatic heterocycles. The second kappa shape index (κ2) is 5.75. The predicted molar refractivity (Wildman–Crippen MR) is 72.3 cm³/mol. The van der Waals surface area contributed by atoms with Crippen molar-refractivity contribution in [3.63, 3.8) is 0 Å². The third kappa shape index (κ3) is 3.96. The summed E-state index contributed by atoms with van der Waals surface area (Å²) < 4.78 is 37.4. The second-order valence-corrected chi connectivity index (χ2v) is 5.22. The van der Waals surface area contributed by atoms with E-state index < -0.39 is 11.7 Å². The predicted octanol–water partition coefficient (Wildman–Crippen LogP) is 2.92. The zero-order valence-corrected chi connectivity index (χ0v) is 11.7. The number of hydrogen-bond acceptors (Lipinski definition) is 4. The molecule has 1 aliphatic carbocycles. The Morgan fingerprint density at radius 3 is 2.57 bits per heavy atom. The molecule has 7 heteroatoms. The molecule has 0 unspecified atom stereocenters. The number of carbonyl (C=O) groups is 1. The standard InChI is InChI=1S/C14H16F3N3O/c1-9-5-11(7-12(21)6-9)19-20(2)13-4-3-10(8-18-13)14(15,16)17/h3-4,7-9,19H,5-6H2,1-2H3/t9-/m1/s1. The van der Waals surface area contributed by atoms with Crippen LogP contribution >= 0.6 is 0 Å². The highest BCUT2D eigenvalue weighted by molar-refractivity contribution is 5.91. The number of rotatable bonds is 3. The van der Waals surface area contributed by atoms with Gasteiger partial charge in [0.1, 0.15) is 5.82 Å². The van der Waals surface area contributed by atoms with Gasteiger partial charge >= 0.3 is 6.18 Å². The van der Waals surface area contributed by atoms with Crippen molar-refractivity contribution < 1.29 is 18.0 Å². The van der Waals surface area contributed by atoms with Crippen molar-refractivity contribution in [3.8, 4) is 0 Å². The van der Waals surface area contributed by atoms with E-state index in [1.807, 2.05) is 6.92 Å². The number of carbonyl (C=O) groups excluding carboxylic acids is 1. The van der Waals surface area contributed by atoms with E-state index in [1.54, 1.807) is 7.05 Å². The summed E-state index contributed by atoms with van der Waals surface area (Å²) in [5.74, 6) is 0.638. The Morgan fingerprint density at radius 1 is 1.33 bits per heavy atom. The number of hydrogen-bond donors (Lipinski definition) is 1. The molecule has 1 aromatic heterocycles. The Balaban J connectivity index is 2.07. The van der Waals surface area contributed by atoms with Crippen LogP contribution in [0.5, 0.6) is 0 Å². The van der Waals surface area contributed by atoms with Gasteiger partial charge in [0.05, 0.1) is 5.56 Å². The average molecular weight is 299 g/mol. The second-order valence-electron chi connectivity index (χ2n) is 5.22. The first-order chi connectivity index (χ1) is 9.75. The SMILES string of the molecule is C[C@H]1CC(=O)C=C(NN(C)c2ccc(C(F)(F)F)cn2)C1. The van der Waals surface area contributed by atoms with E-state index in [4.69, 9.17) is 0 Å². The van der Waals surface area contributed by atoms with Gasteiger partial charge in [-0.15, -0.1) is 0 Å². The van der Waals surface area contributed by atoms with E-state index in [9.17, 15) is 18.0 Å². The maximum Gasteiger partial charge on any atom is 0.417 e. The van der Waals surface area contributed by atoms with Crippen molar-refractivity contribution in [2.45, 2.75) is 25.9 Å². The van der Waals surface area contributed by atoms with Crippen LogP contribution < -0.4 is 10.4 Å². The summed E-state index contributed by atoms with van der Waals surface area (Å²) in [5.41, 5.74) is 2.93. The van der Waals surface area contributed by atoms with Crippen LogP contribution in [0.15, 0.2) is 30.1 Å². The lowest BCUT2D eigenvalue weighted by Crippen LogP contribution is -2.36. The summed E-state index contributed by atoms with van der Waals surface area (Å²) in [5, 5.41) is 1.50. The first-order valence-electron chi connectivity index (χ1n) is 6.52. The van der Waals surface area contributed by atoms with Crippen molar-refractivity contribution in [1.29, 1.82) is 0 Å². The first kappa shape index (κ1) is 15.3. The molecule has 114 valence electrons. The van der Waals surface area contributed by atoms with Gasteiger partial charge in [0.2, 0.25) is 0 Å². The summed E-state index contributed by atoms with van der Waals surface area (Å²) in [6.45, 7) is 1.98. The summed E-state index contributed by atoms with van der Waals surface area (Å²) in [6, 6.07) is 2.26. The number of allylic oxidation sites excluding steroid dienone is 2. The van der Waals surface area contributed by atoms with Crippen LogP contribution in [0.4, 0.5) is 19.0 Å². The average Bonchev–Trinajstić information content (AvgIpc) is 2.36. The molecule has 0 radical (unpaired) electrons. The number of nitrogens with zero attached hydrogens (tertiary/aromatic N) is 2. The number of alkyl halides is 3. The fourth-order valence-electron chi connectivity index (χ4n) is 2.21. The molecule has 0 aromatic carbocycles. The highest BCUT2D eigenvalue weighted by Crippen LogP contribution is 2.29. The van der Waals surface area contributed by atoms with Gasteiger partial charge in [0, 0.05) is 31.4 Å². The molecule has 1 aliphatic rings. The van der Waals surface area contributed by atoms with Gasteiger partial charge in [-0.1, -0.05) is 6.92 Å². The number of anilines is 1. The number of aromatic nitrogens is 1. The minimum absolute atomic E-state index is 0.0463. The first-order valence-corrected chi connectivity index (χ1v) is 6.52. The topological polar surface area (TPSA) is 45.2 Å². The Morgan fingerprint density at radius 2 is 2.05 bits per heavy atom. The van der Waals surface area contributed by atoms with Gasteiger partial charge in [-0.05, 0) is 24.5 Å². The molecule has 0 bridgehead atoms. The van der Waals surface area contributed by atoms with Crippen LogP contribution in [-0.4, -0.2) is 17.8 Å². The molecular formula is C14H16F3N3O. The monoisotopic (exact) mass is 299 g/mol. The van der Waals surface area contributed by atoms with Gasteiger partial charge in [-0.2, -0.15) is 13.2 Å². The lowest BCUT2D eigenvalue weighted by atomic mass is 9.93. The quantitative estimate of drug-likeness (QED) is 0.872. The van der Waals surface area contributed by atoms with E-state index >= 15 is 0 Å². The zero-order chi connectivity index (χ0) is 15.6. The van der Waals surface area contributed by atoms with Gasteiger partial charge in [0.15, 0.2) is 5.78 Å². The Bertz CT molecular complexity index is 552. The third-order valence-electron chi connectivity index (χ3n) is 3.18. The maximum atomic E-state index is 12.5. The molecule has 21 heavy (non-hydrogen) atoms. The minimum atomic E-state index is -4.40. The lowest BCUT2D eigenvalue weighted by molar-refractivity contribution is -0.137. The molecule has 1 N–H and O–H groups in total. The van der Waals surface area contributed by atoms with Crippen molar-refractivity contribution in [2.75, 3.05) is 12.1 Å². The fraction of sp³-hybridized carbons (Fsp3) is 0.429. The number of pyridine rings is 1. The largest absolute Gasteiger partial charge is 0.417 e. The van der Waals surface area contributed by atoms with Crippen molar-refractivity contribution in [3.05, 3.63) is 35.7 Å². The molecule has 0 fully saturated rings. The number of hydrazine groups is 1. The van der Waals surface area contributed by atoms with Crippen LogP contribution in [0.2, 0.25) is 0 Å². The molecule has 0 amide bonds. The van der Waals surface area contributed by atoms with Crippen LogP contribution in [0.3, 0.4) is 0 Å². The van der Waals surface area contributed by atoms with Crippen molar-refractivity contribution in [1.82, 2.24) is 10.4 Å². The number of ketones is 1. The molecule has 0 saturated heterocycles. The smallest absolute Gasteiger partial charge is 0.301 e. The molecule has 1 heterocycles. The summed E-state index contributed by atoms with van der Waals surface area (Å²) >= 11 is 0. The van der Waals surface area contributed by atoms with Crippen molar-refractivity contribution >= 4 is 11.6 Å². The summed E-state index contributed by atoms with van der Waals surface area (Å²) in [7, 11) is 1.64. The molecule has 2 rings (SSSR count). The van der Waals surface area contributed by atoms with Gasteiger partial charge in [-0.25, -0.2) is 4.98 Å². The third-order valence-corrected chi connectivity index (χ3v) is 3.18. The molecule has 1 atom stereocenters. The molecule has 0 saturated carbocycles. The normalized spacial score (nSPS) is 19.2. The fourth-order valence-corrected chi connectivity index (χ4v) is 2.21. The lowest BCUT2D eigenvalue weighted by Gasteiger charge is -2.26. The highest BCUT2D eigenvalue weighted by Gasteiger charge is 2.30. The number of nitrogens with one attached hydrogen (secondary N) is 1. The van der Waals surface area contributed by atoms with Gasteiger partial charge in [0.25, 0.3) is 0 Å². The van der Waals surface area contributed by atoms with E-state index in [1.165, 1.54) is 17.2 Å². The van der Waals surface area contributed by atoms with Crippen LogP contribution in [0.1, 0.15) is 25.3 Å². The molecular weight excluding hydrogens is 283 g/mol. The Hall–Kier alpha value is -2.05. The zero-order valence-electron chi connectivity index (χ0n) is 11.7. The van der Waals surface area contributed by atoms with E-state index in [-0.39, 0.29) is 11.7 Å². The van der Waals surface area contributed by atoms with Crippen LogP contribution in [0.25, 0.3) is 0 Å². The number of halogens is 3. The van der Waals surface area contributed by atoms with E-state index in [0.717, 1.165) is 24.4 Å². The Labute approximate surface area is 120 Å². The van der Waals surface area contributed by atoms with Gasteiger partial charge in [-0.3, -0.25) is 9.80 Å². The highest BCUT2D eigenvalue weighted by atomic mass is 19.4. The van der Waals surface area contributed by atoms with E-state index in [0.29, 0.717) is 12.2 Å². The maximum absolute atomic E-state index is 12.5. The van der Waals surface area contributed by atoms with Gasteiger partial charge < -0.3 is 5.43 Å². The van der Waals surface area contributed by atoms with Crippen LogP contribution in [-0.2, 0) is 11.0 Å². The Kier molecular flexibility index (Phi) is 4.20. The van der Waals surface area contributed by atoms with E-state index in [2.05, 4.69) is 10.4 Å². The summed E-state index contributed by atoms with van der Waals surface area (Å²) in [4.78, 5) is 15.3. The van der Waals surface area contributed by atoms with Crippen molar-refractivity contribution in [2.24, 2.45) is 5.92 Å². The molecule has 1 aromatic rings. The molecule has 0 spiro atoms. The van der Waals surface area contributed by atoms with Crippen LogP contribution in [0, 0.1) is 5.92 Å².